The average Bonchev–Trinajstić information content (AvgIpc) is 2.72. The number of furan rings is 1. The molecule has 0 saturated heterocycles. The van der Waals surface area contributed by atoms with Crippen LogP contribution < -0.4 is 10.5 Å². The Hall–Kier alpha value is -1.50. The SMILES string of the molecule is Cc1ccc(CNc2cc(S(N)(=O)=O)ccc2Cl)o1. The van der Waals surface area contributed by atoms with E-state index in [2.05, 4.69) is 5.32 Å². The number of nitrogens with two attached hydrogens (primary N) is 1. The van der Waals surface area contributed by atoms with Crippen molar-refractivity contribution in [1.82, 2.24) is 0 Å². The standard InChI is InChI=1S/C12H13ClN2O3S/c1-8-2-3-9(18-8)7-15-12-6-10(19(14,16)17)4-5-11(12)13/h2-6,15H,7H2,1H3,(H2,14,16,17). The number of sulfonamides is 1. The number of halogens is 1. The minimum absolute atomic E-state index is 0.00928. The molecule has 0 spiro atoms. The highest BCUT2D eigenvalue weighted by atomic mass is 35.5. The van der Waals surface area contributed by atoms with Crippen molar-refractivity contribution >= 4 is 27.3 Å². The van der Waals surface area contributed by atoms with Crippen LogP contribution in [0.25, 0.3) is 0 Å². The van der Waals surface area contributed by atoms with Gasteiger partial charge in [-0.3, -0.25) is 0 Å². The average molecular weight is 301 g/mol. The summed E-state index contributed by atoms with van der Waals surface area (Å²) in [6.45, 7) is 2.25. The molecule has 0 radical (unpaired) electrons. The molecule has 0 saturated carbocycles. The molecule has 2 rings (SSSR count). The van der Waals surface area contributed by atoms with Gasteiger partial charge in [0.1, 0.15) is 11.5 Å². The normalized spacial score (nSPS) is 11.5. The van der Waals surface area contributed by atoms with Crippen molar-refractivity contribution in [2.24, 2.45) is 5.14 Å². The lowest BCUT2D eigenvalue weighted by Crippen LogP contribution is -2.12. The van der Waals surface area contributed by atoms with Gasteiger partial charge in [0.05, 0.1) is 22.2 Å². The maximum absolute atomic E-state index is 11.3. The van der Waals surface area contributed by atoms with Gasteiger partial charge in [-0.2, -0.15) is 0 Å². The molecular formula is C12H13ClN2O3S. The molecule has 2 aromatic rings. The first kappa shape index (κ1) is 13.9. The van der Waals surface area contributed by atoms with Crippen molar-refractivity contribution < 1.29 is 12.8 Å². The number of anilines is 1. The lowest BCUT2D eigenvalue weighted by molar-refractivity contribution is 0.490. The van der Waals surface area contributed by atoms with Crippen molar-refractivity contribution in [2.75, 3.05) is 5.32 Å². The summed E-state index contributed by atoms with van der Waals surface area (Å²) in [6, 6.07) is 7.92. The molecule has 0 unspecified atom stereocenters. The summed E-state index contributed by atoms with van der Waals surface area (Å²) in [4.78, 5) is 0.00928. The van der Waals surface area contributed by atoms with Crippen molar-refractivity contribution in [3.05, 3.63) is 46.9 Å². The molecule has 0 fully saturated rings. The largest absolute Gasteiger partial charge is 0.465 e. The second kappa shape index (κ2) is 5.24. The Kier molecular flexibility index (Phi) is 3.84. The van der Waals surface area contributed by atoms with E-state index in [4.69, 9.17) is 21.2 Å². The van der Waals surface area contributed by atoms with Crippen LogP contribution in [0.4, 0.5) is 5.69 Å². The first-order valence-corrected chi connectivity index (χ1v) is 7.40. The van der Waals surface area contributed by atoms with Crippen LogP contribution in [-0.2, 0) is 16.6 Å². The number of nitrogens with one attached hydrogen (secondary N) is 1. The molecule has 3 N–H and O–H groups in total. The molecule has 0 amide bonds. The molecule has 19 heavy (non-hydrogen) atoms. The first-order chi connectivity index (χ1) is 8.86. The second-order valence-corrected chi connectivity index (χ2v) is 6.02. The van der Waals surface area contributed by atoms with E-state index in [1.54, 1.807) is 0 Å². The summed E-state index contributed by atoms with van der Waals surface area (Å²) in [5, 5.41) is 8.49. The molecular weight excluding hydrogens is 288 g/mol. The van der Waals surface area contributed by atoms with Crippen molar-refractivity contribution in [3.8, 4) is 0 Å². The van der Waals surface area contributed by atoms with Crippen molar-refractivity contribution in [1.29, 1.82) is 0 Å². The Morgan fingerprint density at radius 2 is 2.05 bits per heavy atom. The number of aryl methyl sites for hydroxylation is 1. The zero-order chi connectivity index (χ0) is 14.0. The zero-order valence-electron chi connectivity index (χ0n) is 10.2. The van der Waals surface area contributed by atoms with E-state index < -0.39 is 10.0 Å². The van der Waals surface area contributed by atoms with Gasteiger partial charge in [0.15, 0.2) is 0 Å². The van der Waals surface area contributed by atoms with Gasteiger partial charge >= 0.3 is 0 Å². The first-order valence-electron chi connectivity index (χ1n) is 5.48. The molecule has 102 valence electrons. The minimum Gasteiger partial charge on any atom is -0.465 e. The van der Waals surface area contributed by atoms with Gasteiger partial charge in [0.25, 0.3) is 0 Å². The van der Waals surface area contributed by atoms with Crippen LogP contribution in [-0.4, -0.2) is 8.42 Å². The molecule has 0 aliphatic rings. The van der Waals surface area contributed by atoms with Gasteiger partial charge in [0.2, 0.25) is 10.0 Å². The maximum atomic E-state index is 11.3. The van der Waals surface area contributed by atoms with Gasteiger partial charge in [-0.15, -0.1) is 0 Å². The Morgan fingerprint density at radius 3 is 2.63 bits per heavy atom. The van der Waals surface area contributed by atoms with E-state index >= 15 is 0 Å². The van der Waals surface area contributed by atoms with E-state index in [9.17, 15) is 8.42 Å². The Morgan fingerprint density at radius 1 is 1.32 bits per heavy atom. The van der Waals surface area contributed by atoms with Gasteiger partial charge in [-0.05, 0) is 37.3 Å². The summed E-state index contributed by atoms with van der Waals surface area (Å²) < 4.78 is 27.9. The van der Waals surface area contributed by atoms with Gasteiger partial charge < -0.3 is 9.73 Å². The van der Waals surface area contributed by atoms with E-state index in [1.165, 1.54) is 18.2 Å². The predicted molar refractivity (Wildman–Crippen MR) is 73.6 cm³/mol. The zero-order valence-corrected chi connectivity index (χ0v) is 11.8. The Balaban J connectivity index is 2.20. The van der Waals surface area contributed by atoms with Crippen LogP contribution in [0, 0.1) is 6.92 Å². The summed E-state index contributed by atoms with van der Waals surface area (Å²) >= 11 is 5.99. The molecule has 0 atom stereocenters. The Labute approximate surface area is 116 Å². The van der Waals surface area contributed by atoms with E-state index in [0.717, 1.165) is 11.5 Å². The summed E-state index contributed by atoms with van der Waals surface area (Å²) in [5.41, 5.74) is 0.488. The molecule has 0 aliphatic heterocycles. The fourth-order valence-electron chi connectivity index (χ4n) is 1.58. The molecule has 1 aromatic carbocycles. The monoisotopic (exact) mass is 300 g/mol. The van der Waals surface area contributed by atoms with Crippen LogP contribution in [0.1, 0.15) is 11.5 Å². The lowest BCUT2D eigenvalue weighted by atomic mass is 10.3. The fraction of sp³-hybridized carbons (Fsp3) is 0.167. The number of benzene rings is 1. The summed E-state index contributed by atoms with van der Waals surface area (Å²) in [5.74, 6) is 1.54. The second-order valence-electron chi connectivity index (χ2n) is 4.05. The van der Waals surface area contributed by atoms with E-state index in [-0.39, 0.29) is 4.90 Å². The summed E-state index contributed by atoms with van der Waals surface area (Å²) in [7, 11) is -3.74. The van der Waals surface area contributed by atoms with E-state index in [0.29, 0.717) is 17.3 Å². The highest BCUT2D eigenvalue weighted by Gasteiger charge is 2.11. The third-order valence-corrected chi connectivity index (χ3v) is 3.76. The van der Waals surface area contributed by atoms with Crippen LogP contribution in [0.2, 0.25) is 5.02 Å². The molecule has 5 nitrogen and oxygen atoms in total. The predicted octanol–water partition coefficient (Wildman–Crippen LogP) is 2.50. The van der Waals surface area contributed by atoms with Gasteiger partial charge in [-0.25, -0.2) is 13.6 Å². The highest BCUT2D eigenvalue weighted by molar-refractivity contribution is 7.89. The molecule has 0 aliphatic carbocycles. The topological polar surface area (TPSA) is 85.3 Å². The smallest absolute Gasteiger partial charge is 0.238 e. The quantitative estimate of drug-likeness (QED) is 0.908. The van der Waals surface area contributed by atoms with Crippen LogP contribution >= 0.6 is 11.6 Å². The maximum Gasteiger partial charge on any atom is 0.238 e. The molecule has 7 heteroatoms. The third kappa shape index (κ3) is 3.50. The van der Waals surface area contributed by atoms with Crippen LogP contribution in [0.3, 0.4) is 0 Å². The van der Waals surface area contributed by atoms with Crippen LogP contribution in [0.15, 0.2) is 39.6 Å². The fourth-order valence-corrected chi connectivity index (χ4v) is 2.30. The lowest BCUT2D eigenvalue weighted by Gasteiger charge is -2.08. The van der Waals surface area contributed by atoms with E-state index in [1.807, 2.05) is 19.1 Å². The number of hydrogen-bond donors (Lipinski definition) is 2. The third-order valence-electron chi connectivity index (χ3n) is 2.52. The number of primary sulfonamides is 1. The summed E-state index contributed by atoms with van der Waals surface area (Å²) in [6.07, 6.45) is 0. The van der Waals surface area contributed by atoms with Gasteiger partial charge in [0, 0.05) is 0 Å². The van der Waals surface area contributed by atoms with Crippen LogP contribution in [0.5, 0.6) is 0 Å². The number of hydrogen-bond acceptors (Lipinski definition) is 4. The minimum atomic E-state index is -3.74. The van der Waals surface area contributed by atoms with Crippen molar-refractivity contribution in [2.45, 2.75) is 18.4 Å². The Bertz CT molecular complexity index is 695. The molecule has 1 heterocycles. The number of rotatable bonds is 4. The highest BCUT2D eigenvalue weighted by Crippen LogP contribution is 2.25. The molecule has 0 bridgehead atoms. The van der Waals surface area contributed by atoms with Crippen molar-refractivity contribution in [3.63, 3.8) is 0 Å². The van der Waals surface area contributed by atoms with Gasteiger partial charge in [-0.1, -0.05) is 11.6 Å². The molecule has 1 aromatic heterocycles.